The molecule has 0 spiro atoms. The molecular weight excluding hydrogens is 357 g/mol. The summed E-state index contributed by atoms with van der Waals surface area (Å²) in [6.07, 6.45) is 6.59. The molecule has 2 saturated carbocycles. The van der Waals surface area contributed by atoms with Gasteiger partial charge in [0, 0.05) is 38.6 Å². The average Bonchev–Trinajstić information content (AvgIpc) is 3.43. The number of amides is 2. The Bertz CT molecular complexity index is 707. The van der Waals surface area contributed by atoms with Crippen LogP contribution in [0.15, 0.2) is 24.3 Å². The molecule has 6 heteroatoms. The third-order valence-electron chi connectivity index (χ3n) is 6.42. The van der Waals surface area contributed by atoms with Gasteiger partial charge in [0.05, 0.1) is 6.04 Å². The van der Waals surface area contributed by atoms with Gasteiger partial charge in [0.25, 0.3) is 0 Å². The van der Waals surface area contributed by atoms with E-state index in [1.807, 2.05) is 11.0 Å². The van der Waals surface area contributed by atoms with Crippen LogP contribution in [0.5, 0.6) is 0 Å². The van der Waals surface area contributed by atoms with E-state index in [-0.39, 0.29) is 23.7 Å². The van der Waals surface area contributed by atoms with Crippen LogP contribution >= 0.6 is 0 Å². The molecular formula is C22H30FN3O2. The molecule has 1 aliphatic heterocycles. The average molecular weight is 387 g/mol. The zero-order valence-corrected chi connectivity index (χ0v) is 16.4. The van der Waals surface area contributed by atoms with Gasteiger partial charge in [-0.25, -0.2) is 4.39 Å². The lowest BCUT2D eigenvalue weighted by Crippen LogP contribution is -2.58. The van der Waals surface area contributed by atoms with E-state index in [2.05, 4.69) is 10.2 Å². The lowest BCUT2D eigenvalue weighted by Gasteiger charge is -2.40. The first-order valence-corrected chi connectivity index (χ1v) is 10.7. The summed E-state index contributed by atoms with van der Waals surface area (Å²) in [6, 6.07) is 6.23. The van der Waals surface area contributed by atoms with E-state index < -0.39 is 0 Å². The summed E-state index contributed by atoms with van der Waals surface area (Å²) in [6.45, 7) is 3.30. The standard InChI is InChI=1S/C22H30FN3O2/c23-19-7-3-4-16(14-19)15-24-21(27)20(17-5-1-2-6-17)25-10-12-26(13-11-25)22(28)18-8-9-18/h3-4,7,14,17-18,20H,1-2,5-6,8-13,15H2,(H,24,27)/t20-/m1/s1. The second-order valence-electron chi connectivity index (χ2n) is 8.47. The largest absolute Gasteiger partial charge is 0.351 e. The predicted molar refractivity (Wildman–Crippen MR) is 105 cm³/mol. The normalized spacial score (nSPS) is 22.2. The highest BCUT2D eigenvalue weighted by atomic mass is 19.1. The zero-order chi connectivity index (χ0) is 19.5. The second-order valence-corrected chi connectivity index (χ2v) is 8.47. The fourth-order valence-corrected chi connectivity index (χ4v) is 4.70. The third-order valence-corrected chi connectivity index (χ3v) is 6.42. The van der Waals surface area contributed by atoms with Crippen molar-refractivity contribution in [2.75, 3.05) is 26.2 Å². The molecule has 0 radical (unpaired) electrons. The number of nitrogens with one attached hydrogen (secondary N) is 1. The van der Waals surface area contributed by atoms with Crippen LogP contribution in [0.2, 0.25) is 0 Å². The van der Waals surface area contributed by atoms with Gasteiger partial charge in [-0.1, -0.05) is 25.0 Å². The lowest BCUT2D eigenvalue weighted by molar-refractivity contribution is -0.136. The molecule has 0 unspecified atom stereocenters. The van der Waals surface area contributed by atoms with Crippen LogP contribution in [0.3, 0.4) is 0 Å². The van der Waals surface area contributed by atoms with E-state index in [4.69, 9.17) is 0 Å². The number of hydrogen-bond acceptors (Lipinski definition) is 3. The maximum atomic E-state index is 13.4. The van der Waals surface area contributed by atoms with E-state index in [0.29, 0.717) is 18.4 Å². The monoisotopic (exact) mass is 387 g/mol. The zero-order valence-electron chi connectivity index (χ0n) is 16.4. The van der Waals surface area contributed by atoms with Gasteiger partial charge < -0.3 is 10.2 Å². The number of halogens is 1. The first-order chi connectivity index (χ1) is 13.6. The molecule has 152 valence electrons. The van der Waals surface area contributed by atoms with Crippen molar-refractivity contribution in [1.82, 2.24) is 15.1 Å². The molecule has 3 aliphatic rings. The number of hydrogen-bond donors (Lipinski definition) is 1. The highest BCUT2D eigenvalue weighted by molar-refractivity contribution is 5.83. The Morgan fingerprint density at radius 1 is 1.07 bits per heavy atom. The quantitative estimate of drug-likeness (QED) is 0.816. The molecule has 2 amide bonds. The maximum Gasteiger partial charge on any atom is 0.237 e. The topological polar surface area (TPSA) is 52.7 Å². The van der Waals surface area contributed by atoms with Crippen LogP contribution in [0.4, 0.5) is 4.39 Å². The summed E-state index contributed by atoms with van der Waals surface area (Å²) in [4.78, 5) is 29.7. The van der Waals surface area contributed by atoms with Crippen LogP contribution < -0.4 is 5.32 Å². The second kappa shape index (κ2) is 8.60. The van der Waals surface area contributed by atoms with Crippen LogP contribution in [0, 0.1) is 17.7 Å². The third kappa shape index (κ3) is 4.54. The van der Waals surface area contributed by atoms with Crippen LogP contribution in [-0.4, -0.2) is 53.8 Å². The van der Waals surface area contributed by atoms with Gasteiger partial charge in [-0.05, 0) is 49.3 Å². The van der Waals surface area contributed by atoms with Crippen molar-refractivity contribution in [2.24, 2.45) is 11.8 Å². The molecule has 0 bridgehead atoms. The van der Waals surface area contributed by atoms with Crippen molar-refractivity contribution in [1.29, 1.82) is 0 Å². The van der Waals surface area contributed by atoms with Gasteiger partial charge in [0.15, 0.2) is 0 Å². The van der Waals surface area contributed by atoms with Gasteiger partial charge in [-0.3, -0.25) is 14.5 Å². The Morgan fingerprint density at radius 2 is 1.79 bits per heavy atom. The van der Waals surface area contributed by atoms with Crippen molar-refractivity contribution >= 4 is 11.8 Å². The molecule has 1 N–H and O–H groups in total. The molecule has 0 aromatic heterocycles. The number of nitrogens with zero attached hydrogens (tertiary/aromatic N) is 2. The highest BCUT2D eigenvalue weighted by Crippen LogP contribution is 2.33. The van der Waals surface area contributed by atoms with E-state index in [1.165, 1.54) is 25.0 Å². The van der Waals surface area contributed by atoms with Crippen LogP contribution in [0.25, 0.3) is 0 Å². The summed E-state index contributed by atoms with van der Waals surface area (Å²) in [5.41, 5.74) is 0.776. The molecule has 1 aromatic carbocycles. The van der Waals surface area contributed by atoms with E-state index in [0.717, 1.165) is 57.4 Å². The Balaban J connectivity index is 1.37. The van der Waals surface area contributed by atoms with Gasteiger partial charge in [-0.15, -0.1) is 0 Å². The summed E-state index contributed by atoms with van der Waals surface area (Å²) in [7, 11) is 0. The number of carbonyl (C=O) groups is 2. The Hall–Kier alpha value is -1.95. The number of carbonyl (C=O) groups excluding carboxylic acids is 2. The number of benzene rings is 1. The molecule has 4 rings (SSSR count). The smallest absolute Gasteiger partial charge is 0.237 e. The van der Waals surface area contributed by atoms with E-state index >= 15 is 0 Å². The van der Waals surface area contributed by atoms with Crippen molar-refractivity contribution in [2.45, 2.75) is 51.1 Å². The van der Waals surface area contributed by atoms with Crippen molar-refractivity contribution in [3.8, 4) is 0 Å². The summed E-state index contributed by atoms with van der Waals surface area (Å²) >= 11 is 0. The van der Waals surface area contributed by atoms with Gasteiger partial charge in [-0.2, -0.15) is 0 Å². The van der Waals surface area contributed by atoms with Crippen LogP contribution in [0.1, 0.15) is 44.1 Å². The van der Waals surface area contributed by atoms with Crippen molar-refractivity contribution < 1.29 is 14.0 Å². The molecule has 1 saturated heterocycles. The predicted octanol–water partition coefficient (Wildman–Crippen LogP) is 2.55. The van der Waals surface area contributed by atoms with Crippen molar-refractivity contribution in [3.63, 3.8) is 0 Å². The Morgan fingerprint density at radius 3 is 2.43 bits per heavy atom. The molecule has 1 aromatic rings. The molecule has 3 fully saturated rings. The number of piperazine rings is 1. The SMILES string of the molecule is O=C(NCc1cccc(F)c1)[C@@H](C1CCCC1)N1CCN(C(=O)C2CC2)CC1. The summed E-state index contributed by atoms with van der Waals surface area (Å²) in [5, 5.41) is 3.03. The van der Waals surface area contributed by atoms with Gasteiger partial charge >= 0.3 is 0 Å². The fourth-order valence-electron chi connectivity index (χ4n) is 4.70. The molecule has 28 heavy (non-hydrogen) atoms. The van der Waals surface area contributed by atoms with Gasteiger partial charge in [0.2, 0.25) is 11.8 Å². The minimum absolute atomic E-state index is 0.0399. The van der Waals surface area contributed by atoms with E-state index in [9.17, 15) is 14.0 Å². The highest BCUT2D eigenvalue weighted by Gasteiger charge is 2.39. The van der Waals surface area contributed by atoms with E-state index in [1.54, 1.807) is 6.07 Å². The minimum Gasteiger partial charge on any atom is -0.351 e. The first kappa shape index (κ1) is 19.4. The van der Waals surface area contributed by atoms with Crippen molar-refractivity contribution in [3.05, 3.63) is 35.6 Å². The lowest BCUT2D eigenvalue weighted by atomic mass is 9.95. The van der Waals surface area contributed by atoms with Gasteiger partial charge in [0.1, 0.15) is 5.82 Å². The molecule has 1 heterocycles. The number of rotatable bonds is 6. The molecule has 2 aliphatic carbocycles. The molecule has 1 atom stereocenters. The Kier molecular flexibility index (Phi) is 5.95. The molecule has 5 nitrogen and oxygen atoms in total. The maximum absolute atomic E-state index is 13.4. The summed E-state index contributed by atoms with van der Waals surface area (Å²) in [5.74, 6) is 0.686. The fraction of sp³-hybridized carbons (Fsp3) is 0.636. The van der Waals surface area contributed by atoms with Crippen LogP contribution in [-0.2, 0) is 16.1 Å². The first-order valence-electron chi connectivity index (χ1n) is 10.7. The minimum atomic E-state index is -0.282. The summed E-state index contributed by atoms with van der Waals surface area (Å²) < 4.78 is 13.4. The Labute approximate surface area is 166 Å².